The number of hydrogen-bond acceptors (Lipinski definition) is 2. The SMILES string of the molecule is CCC(C)Oc1ccc(C(=N)N)c(Br)c1F. The number of nitrogens with two attached hydrogens (primary N) is 1. The van der Waals surface area contributed by atoms with Crippen molar-refractivity contribution in [2.75, 3.05) is 0 Å². The first-order chi connectivity index (χ1) is 7.47. The quantitative estimate of drug-likeness (QED) is 0.661. The summed E-state index contributed by atoms with van der Waals surface area (Å²) < 4.78 is 19.4. The van der Waals surface area contributed by atoms with Gasteiger partial charge in [-0.3, -0.25) is 5.41 Å². The van der Waals surface area contributed by atoms with E-state index in [4.69, 9.17) is 15.9 Å². The molecule has 1 aromatic rings. The molecule has 0 aliphatic rings. The van der Waals surface area contributed by atoms with Gasteiger partial charge in [0, 0.05) is 5.56 Å². The standard InChI is InChI=1S/C11H14BrFN2O/c1-3-6(2)16-8-5-4-7(11(14)15)9(12)10(8)13/h4-6H,3H2,1-2H3,(H3,14,15). The Balaban J connectivity index is 3.07. The molecule has 5 heteroatoms. The maximum absolute atomic E-state index is 13.8. The second kappa shape index (κ2) is 5.30. The van der Waals surface area contributed by atoms with Gasteiger partial charge in [-0.1, -0.05) is 6.92 Å². The molecule has 0 spiro atoms. The summed E-state index contributed by atoms with van der Waals surface area (Å²) in [5.74, 6) is -0.528. The average molecular weight is 289 g/mol. The van der Waals surface area contributed by atoms with Crippen LogP contribution in [0.3, 0.4) is 0 Å². The van der Waals surface area contributed by atoms with Gasteiger partial charge in [0.25, 0.3) is 0 Å². The van der Waals surface area contributed by atoms with E-state index in [0.29, 0.717) is 5.56 Å². The van der Waals surface area contributed by atoms with Crippen LogP contribution in [0.2, 0.25) is 0 Å². The van der Waals surface area contributed by atoms with Crippen LogP contribution < -0.4 is 10.5 Å². The molecule has 3 N–H and O–H groups in total. The predicted molar refractivity (Wildman–Crippen MR) is 65.5 cm³/mol. The maximum Gasteiger partial charge on any atom is 0.179 e. The lowest BCUT2D eigenvalue weighted by Crippen LogP contribution is -2.14. The van der Waals surface area contributed by atoms with Gasteiger partial charge in [-0.2, -0.15) is 0 Å². The largest absolute Gasteiger partial charge is 0.488 e. The van der Waals surface area contributed by atoms with E-state index in [-0.39, 0.29) is 22.2 Å². The second-order valence-corrected chi connectivity index (χ2v) is 4.28. The van der Waals surface area contributed by atoms with Gasteiger partial charge in [0.2, 0.25) is 0 Å². The van der Waals surface area contributed by atoms with Gasteiger partial charge >= 0.3 is 0 Å². The van der Waals surface area contributed by atoms with Crippen LogP contribution in [0.15, 0.2) is 16.6 Å². The molecule has 1 atom stereocenters. The molecule has 0 aliphatic heterocycles. The zero-order valence-electron chi connectivity index (χ0n) is 9.18. The number of hydrogen-bond donors (Lipinski definition) is 2. The fraction of sp³-hybridized carbons (Fsp3) is 0.364. The van der Waals surface area contributed by atoms with Crippen molar-refractivity contribution in [2.24, 2.45) is 5.73 Å². The molecule has 0 radical (unpaired) electrons. The fourth-order valence-electron chi connectivity index (χ4n) is 1.13. The molecular formula is C11H14BrFN2O. The van der Waals surface area contributed by atoms with Gasteiger partial charge in [-0.05, 0) is 41.4 Å². The van der Waals surface area contributed by atoms with E-state index in [9.17, 15) is 4.39 Å². The Labute approximate surface area is 102 Å². The molecule has 0 amide bonds. The third-order valence-corrected chi connectivity index (χ3v) is 3.02. The van der Waals surface area contributed by atoms with E-state index in [1.807, 2.05) is 13.8 Å². The summed E-state index contributed by atoms with van der Waals surface area (Å²) in [6.07, 6.45) is 0.746. The Morgan fingerprint density at radius 1 is 1.62 bits per heavy atom. The van der Waals surface area contributed by atoms with E-state index >= 15 is 0 Å². The van der Waals surface area contributed by atoms with E-state index in [1.165, 1.54) is 6.07 Å². The van der Waals surface area contributed by atoms with Crippen LogP contribution >= 0.6 is 15.9 Å². The third-order valence-electron chi connectivity index (χ3n) is 2.24. The van der Waals surface area contributed by atoms with Gasteiger partial charge in [0.1, 0.15) is 5.84 Å². The van der Waals surface area contributed by atoms with Crippen LogP contribution in [0.4, 0.5) is 4.39 Å². The summed E-state index contributed by atoms with van der Waals surface area (Å²) in [5, 5.41) is 7.26. The van der Waals surface area contributed by atoms with Crippen LogP contribution in [-0.4, -0.2) is 11.9 Å². The fourth-order valence-corrected chi connectivity index (χ4v) is 1.67. The smallest absolute Gasteiger partial charge is 0.179 e. The third kappa shape index (κ3) is 2.72. The average Bonchev–Trinajstić information content (AvgIpc) is 2.24. The predicted octanol–water partition coefficient (Wildman–Crippen LogP) is 3.05. The molecule has 88 valence electrons. The van der Waals surface area contributed by atoms with Gasteiger partial charge in [0.15, 0.2) is 11.6 Å². The number of halogens is 2. The van der Waals surface area contributed by atoms with Crippen molar-refractivity contribution in [2.45, 2.75) is 26.4 Å². The van der Waals surface area contributed by atoms with E-state index in [1.54, 1.807) is 6.07 Å². The normalized spacial score (nSPS) is 12.2. The first-order valence-corrected chi connectivity index (χ1v) is 5.75. The minimum atomic E-state index is -0.520. The highest BCUT2D eigenvalue weighted by Gasteiger charge is 2.15. The maximum atomic E-state index is 13.8. The molecule has 3 nitrogen and oxygen atoms in total. The summed E-state index contributed by atoms with van der Waals surface area (Å²) in [6.45, 7) is 3.83. The number of amidine groups is 1. The molecule has 1 aromatic carbocycles. The highest BCUT2D eigenvalue weighted by molar-refractivity contribution is 9.10. The Bertz CT molecular complexity index is 409. The van der Waals surface area contributed by atoms with E-state index < -0.39 is 5.82 Å². The second-order valence-electron chi connectivity index (χ2n) is 3.49. The molecule has 0 aliphatic carbocycles. The summed E-state index contributed by atoms with van der Waals surface area (Å²) in [7, 11) is 0. The first-order valence-electron chi connectivity index (χ1n) is 4.96. The molecule has 0 saturated heterocycles. The van der Waals surface area contributed by atoms with Gasteiger partial charge < -0.3 is 10.5 Å². The topological polar surface area (TPSA) is 59.1 Å². The Kier molecular flexibility index (Phi) is 4.29. The number of ether oxygens (including phenoxy) is 1. The Morgan fingerprint density at radius 2 is 2.25 bits per heavy atom. The van der Waals surface area contributed by atoms with Crippen LogP contribution in [0.1, 0.15) is 25.8 Å². The molecule has 0 bridgehead atoms. The van der Waals surface area contributed by atoms with Gasteiger partial charge in [0.05, 0.1) is 10.6 Å². The van der Waals surface area contributed by atoms with Gasteiger partial charge in [-0.15, -0.1) is 0 Å². The molecule has 0 aromatic heterocycles. The lowest BCUT2D eigenvalue weighted by Gasteiger charge is -2.14. The minimum absolute atomic E-state index is 0.0513. The number of nitrogen functional groups attached to an aromatic ring is 1. The van der Waals surface area contributed by atoms with Crippen molar-refractivity contribution in [3.63, 3.8) is 0 Å². The van der Waals surface area contributed by atoms with E-state index in [0.717, 1.165) is 6.42 Å². The summed E-state index contributed by atoms with van der Waals surface area (Å²) in [5.41, 5.74) is 5.63. The number of benzene rings is 1. The van der Waals surface area contributed by atoms with Crippen LogP contribution in [0, 0.1) is 11.2 Å². The highest BCUT2D eigenvalue weighted by atomic mass is 79.9. The monoisotopic (exact) mass is 288 g/mol. The molecule has 0 fully saturated rings. The van der Waals surface area contributed by atoms with Gasteiger partial charge in [-0.25, -0.2) is 4.39 Å². The van der Waals surface area contributed by atoms with Crippen molar-refractivity contribution >= 4 is 21.8 Å². The van der Waals surface area contributed by atoms with Crippen molar-refractivity contribution in [3.8, 4) is 5.75 Å². The number of rotatable bonds is 4. The highest BCUT2D eigenvalue weighted by Crippen LogP contribution is 2.29. The van der Waals surface area contributed by atoms with Crippen LogP contribution in [-0.2, 0) is 0 Å². The van der Waals surface area contributed by atoms with E-state index in [2.05, 4.69) is 15.9 Å². The van der Waals surface area contributed by atoms with Crippen molar-refractivity contribution in [1.82, 2.24) is 0 Å². The lowest BCUT2D eigenvalue weighted by molar-refractivity contribution is 0.207. The first kappa shape index (κ1) is 13.0. The van der Waals surface area contributed by atoms with Crippen molar-refractivity contribution < 1.29 is 9.13 Å². The molecule has 0 heterocycles. The molecule has 1 unspecified atom stereocenters. The Hall–Kier alpha value is -1.10. The molecule has 0 saturated carbocycles. The van der Waals surface area contributed by atoms with Crippen LogP contribution in [0.5, 0.6) is 5.75 Å². The zero-order valence-corrected chi connectivity index (χ0v) is 10.8. The summed E-state index contributed by atoms with van der Waals surface area (Å²) >= 11 is 3.07. The van der Waals surface area contributed by atoms with Crippen LogP contribution in [0.25, 0.3) is 0 Å². The van der Waals surface area contributed by atoms with Crippen molar-refractivity contribution in [1.29, 1.82) is 5.41 Å². The zero-order chi connectivity index (χ0) is 12.3. The minimum Gasteiger partial charge on any atom is -0.488 e. The number of nitrogens with one attached hydrogen (secondary N) is 1. The lowest BCUT2D eigenvalue weighted by atomic mass is 10.2. The molecule has 1 rings (SSSR count). The molecular weight excluding hydrogens is 275 g/mol. The Morgan fingerprint density at radius 3 is 2.75 bits per heavy atom. The van der Waals surface area contributed by atoms with Crippen molar-refractivity contribution in [3.05, 3.63) is 28.0 Å². The molecule has 16 heavy (non-hydrogen) atoms. The summed E-state index contributed by atoms with van der Waals surface area (Å²) in [4.78, 5) is 0. The summed E-state index contributed by atoms with van der Waals surface area (Å²) in [6, 6.07) is 3.05.